The van der Waals surface area contributed by atoms with Gasteiger partial charge in [0.25, 0.3) is 5.56 Å². The molecule has 1 saturated heterocycles. The lowest BCUT2D eigenvalue weighted by atomic mass is 10.0. The summed E-state index contributed by atoms with van der Waals surface area (Å²) in [4.78, 5) is 22.9. The summed E-state index contributed by atoms with van der Waals surface area (Å²) in [5.41, 5.74) is 0.602. The fraction of sp³-hybridized carbons (Fsp3) is 0.533. The van der Waals surface area contributed by atoms with Crippen molar-refractivity contribution in [2.75, 3.05) is 19.7 Å². The first-order valence-electron chi connectivity index (χ1n) is 7.43. The highest BCUT2D eigenvalue weighted by molar-refractivity contribution is 5.75. The van der Waals surface area contributed by atoms with Gasteiger partial charge in [-0.3, -0.25) is 19.2 Å². The molecule has 0 spiro atoms. The molecule has 3 heterocycles. The summed E-state index contributed by atoms with van der Waals surface area (Å²) in [6.07, 6.45) is 8.17. The van der Waals surface area contributed by atoms with Gasteiger partial charge >= 0.3 is 0 Å². The van der Waals surface area contributed by atoms with Crippen LogP contribution in [0, 0.1) is 0 Å². The van der Waals surface area contributed by atoms with Gasteiger partial charge in [-0.25, -0.2) is 4.98 Å². The second-order valence-electron chi connectivity index (χ2n) is 5.50. The molecule has 0 amide bonds. The zero-order chi connectivity index (χ0) is 14.7. The van der Waals surface area contributed by atoms with Crippen molar-refractivity contribution in [1.29, 1.82) is 0 Å². The molecule has 21 heavy (non-hydrogen) atoms. The van der Waals surface area contributed by atoms with Crippen molar-refractivity contribution >= 4 is 10.9 Å². The van der Waals surface area contributed by atoms with E-state index in [0.29, 0.717) is 17.4 Å². The molecule has 0 saturated carbocycles. The van der Waals surface area contributed by atoms with E-state index in [-0.39, 0.29) is 18.2 Å². The molecule has 112 valence electrons. The smallest absolute Gasteiger partial charge is 0.261 e. The maximum atomic E-state index is 12.4. The topological polar surface area (TPSA) is 71.2 Å². The summed E-state index contributed by atoms with van der Waals surface area (Å²) >= 11 is 0. The number of fused-ring (bicyclic) bond motifs is 1. The number of hydrogen-bond donors (Lipinski definition) is 1. The summed E-state index contributed by atoms with van der Waals surface area (Å²) in [6, 6.07) is 1.94. The van der Waals surface area contributed by atoms with Crippen molar-refractivity contribution in [2.24, 2.45) is 0 Å². The molecule has 1 atom stereocenters. The van der Waals surface area contributed by atoms with Crippen molar-refractivity contribution in [3.8, 4) is 0 Å². The van der Waals surface area contributed by atoms with Gasteiger partial charge in [0.2, 0.25) is 0 Å². The number of aliphatic hydroxyl groups is 1. The molecule has 3 rings (SSSR count). The summed E-state index contributed by atoms with van der Waals surface area (Å²) in [6.45, 7) is 2.55. The van der Waals surface area contributed by atoms with Crippen molar-refractivity contribution in [3.63, 3.8) is 0 Å². The Bertz CT molecular complexity index is 670. The number of aromatic nitrogens is 3. The van der Waals surface area contributed by atoms with E-state index >= 15 is 0 Å². The van der Waals surface area contributed by atoms with Crippen LogP contribution in [0.1, 0.15) is 19.3 Å². The molecule has 0 bridgehead atoms. The molecule has 1 unspecified atom stereocenters. The quantitative estimate of drug-likeness (QED) is 0.894. The van der Waals surface area contributed by atoms with Gasteiger partial charge in [-0.1, -0.05) is 6.42 Å². The number of piperidine rings is 1. The minimum atomic E-state index is -0.0278. The SMILES string of the molecule is O=c1c2ccncc2ncn1CCN1CCCCC1CO. The molecular weight excluding hydrogens is 268 g/mol. The van der Waals surface area contributed by atoms with Gasteiger partial charge in [-0.15, -0.1) is 0 Å². The normalized spacial score (nSPS) is 20.0. The maximum absolute atomic E-state index is 12.4. The van der Waals surface area contributed by atoms with Crippen LogP contribution in [-0.2, 0) is 6.54 Å². The Balaban J connectivity index is 1.76. The second kappa shape index (κ2) is 6.32. The largest absolute Gasteiger partial charge is 0.395 e. The first-order valence-corrected chi connectivity index (χ1v) is 7.43. The molecule has 0 aromatic carbocycles. The monoisotopic (exact) mass is 288 g/mol. The Morgan fingerprint density at radius 2 is 2.24 bits per heavy atom. The van der Waals surface area contributed by atoms with Crippen LogP contribution in [0.2, 0.25) is 0 Å². The van der Waals surface area contributed by atoms with Gasteiger partial charge in [0.1, 0.15) is 0 Å². The van der Waals surface area contributed by atoms with Crippen molar-refractivity contribution < 1.29 is 5.11 Å². The summed E-state index contributed by atoms with van der Waals surface area (Å²) in [5.74, 6) is 0. The lowest BCUT2D eigenvalue weighted by molar-refractivity contribution is 0.0869. The predicted molar refractivity (Wildman–Crippen MR) is 80.1 cm³/mol. The Labute approximate surface area is 123 Å². The molecule has 6 heteroatoms. The molecule has 6 nitrogen and oxygen atoms in total. The van der Waals surface area contributed by atoms with Gasteiger partial charge in [0.15, 0.2) is 0 Å². The first kappa shape index (κ1) is 14.2. The average Bonchev–Trinajstić information content (AvgIpc) is 2.55. The molecule has 1 fully saturated rings. The Kier molecular flexibility index (Phi) is 4.26. The number of likely N-dealkylation sites (tertiary alicyclic amines) is 1. The van der Waals surface area contributed by atoms with Crippen LogP contribution >= 0.6 is 0 Å². The van der Waals surface area contributed by atoms with E-state index in [1.165, 1.54) is 6.42 Å². The third-order valence-electron chi connectivity index (χ3n) is 4.22. The Morgan fingerprint density at radius 1 is 1.33 bits per heavy atom. The molecule has 2 aromatic rings. The fourth-order valence-corrected chi connectivity index (χ4v) is 2.97. The van der Waals surface area contributed by atoms with Crippen LogP contribution in [0.5, 0.6) is 0 Å². The van der Waals surface area contributed by atoms with E-state index in [1.807, 2.05) is 0 Å². The number of nitrogens with zero attached hydrogens (tertiary/aromatic N) is 4. The van der Waals surface area contributed by atoms with Gasteiger partial charge in [-0.2, -0.15) is 0 Å². The lowest BCUT2D eigenvalue weighted by Gasteiger charge is -2.34. The van der Waals surface area contributed by atoms with Crippen LogP contribution in [0.4, 0.5) is 0 Å². The third-order valence-corrected chi connectivity index (χ3v) is 4.22. The van der Waals surface area contributed by atoms with E-state index in [4.69, 9.17) is 0 Å². The van der Waals surface area contributed by atoms with E-state index in [1.54, 1.807) is 29.4 Å². The summed E-state index contributed by atoms with van der Waals surface area (Å²) in [5, 5.41) is 10.0. The first-order chi connectivity index (χ1) is 10.3. The zero-order valence-electron chi connectivity index (χ0n) is 12.0. The minimum absolute atomic E-state index is 0.0278. The van der Waals surface area contributed by atoms with Crippen LogP contribution in [0.25, 0.3) is 10.9 Å². The lowest BCUT2D eigenvalue weighted by Crippen LogP contribution is -2.44. The molecule has 2 aromatic heterocycles. The van der Waals surface area contributed by atoms with E-state index < -0.39 is 0 Å². The molecule has 1 N–H and O–H groups in total. The van der Waals surface area contributed by atoms with E-state index in [0.717, 1.165) is 25.9 Å². The van der Waals surface area contributed by atoms with Crippen molar-refractivity contribution in [3.05, 3.63) is 35.1 Å². The number of hydrogen-bond acceptors (Lipinski definition) is 5. The van der Waals surface area contributed by atoms with E-state index in [2.05, 4.69) is 14.9 Å². The minimum Gasteiger partial charge on any atom is -0.395 e. The molecule has 0 aliphatic carbocycles. The number of aliphatic hydroxyl groups excluding tert-OH is 1. The van der Waals surface area contributed by atoms with Crippen molar-refractivity contribution in [2.45, 2.75) is 31.8 Å². The van der Waals surface area contributed by atoms with Crippen LogP contribution in [-0.4, -0.2) is 50.3 Å². The highest BCUT2D eigenvalue weighted by Gasteiger charge is 2.21. The van der Waals surface area contributed by atoms with Gasteiger partial charge in [-0.05, 0) is 25.5 Å². The molecule has 0 radical (unpaired) electrons. The summed E-state index contributed by atoms with van der Waals surface area (Å²) < 4.78 is 1.64. The van der Waals surface area contributed by atoms with Gasteiger partial charge in [0, 0.05) is 25.3 Å². The molecule has 1 aliphatic heterocycles. The van der Waals surface area contributed by atoms with Crippen LogP contribution < -0.4 is 5.56 Å². The van der Waals surface area contributed by atoms with E-state index in [9.17, 15) is 9.90 Å². The predicted octanol–water partition coefficient (Wildman–Crippen LogP) is 0.638. The standard InChI is InChI=1S/C15H20N4O2/c20-10-12-3-1-2-6-18(12)7-8-19-11-17-14-9-16-5-4-13(14)15(19)21/h4-5,9,11-12,20H,1-3,6-8,10H2. The summed E-state index contributed by atoms with van der Waals surface area (Å²) in [7, 11) is 0. The highest BCUT2D eigenvalue weighted by Crippen LogP contribution is 2.16. The molecule has 1 aliphatic rings. The average molecular weight is 288 g/mol. The number of pyridine rings is 1. The van der Waals surface area contributed by atoms with Crippen molar-refractivity contribution in [1.82, 2.24) is 19.4 Å². The van der Waals surface area contributed by atoms with Crippen LogP contribution in [0.3, 0.4) is 0 Å². The highest BCUT2D eigenvalue weighted by atomic mass is 16.3. The maximum Gasteiger partial charge on any atom is 0.261 e. The van der Waals surface area contributed by atoms with Gasteiger partial charge < -0.3 is 5.11 Å². The Hall–Kier alpha value is -1.79. The number of rotatable bonds is 4. The second-order valence-corrected chi connectivity index (χ2v) is 5.50. The van der Waals surface area contributed by atoms with Crippen LogP contribution in [0.15, 0.2) is 29.6 Å². The molecular formula is C15H20N4O2. The van der Waals surface area contributed by atoms with Gasteiger partial charge in [0.05, 0.1) is 30.0 Å². The zero-order valence-corrected chi connectivity index (χ0v) is 12.0. The third kappa shape index (κ3) is 2.96. The fourth-order valence-electron chi connectivity index (χ4n) is 2.97. The Morgan fingerprint density at radius 3 is 3.10 bits per heavy atom.